The highest BCUT2D eigenvalue weighted by Crippen LogP contribution is 2.27. The van der Waals surface area contributed by atoms with Crippen LogP contribution in [0.1, 0.15) is 52.4 Å². The molecule has 2 unspecified atom stereocenters. The van der Waals surface area contributed by atoms with Gasteiger partial charge in [0.15, 0.2) is 11.6 Å². The summed E-state index contributed by atoms with van der Waals surface area (Å²) < 4.78 is 22.7. The maximum atomic E-state index is 5.80. The van der Waals surface area contributed by atoms with E-state index in [1.54, 1.807) is 12.4 Å². The Hall–Kier alpha value is -2.18. The summed E-state index contributed by atoms with van der Waals surface area (Å²) in [5.41, 5.74) is 0.951. The molecule has 2 atom stereocenters. The average molecular weight is 415 g/mol. The van der Waals surface area contributed by atoms with Gasteiger partial charge in [-0.1, -0.05) is 26.7 Å². The third kappa shape index (κ3) is 7.58. The number of epoxide rings is 1. The van der Waals surface area contributed by atoms with Gasteiger partial charge in [0, 0.05) is 18.8 Å². The minimum Gasteiger partial charge on any atom is -0.494 e. The molecule has 0 amide bonds. The second-order valence-corrected chi connectivity index (χ2v) is 7.60. The minimum atomic E-state index is 0.214. The standard InChI is InChI=1S/C24H34N2O4/c1-3-5-13-27-14-6-7-15-28-20-11-9-19(10-12-20)24-25-16-21(17-26-24)29-18-23-22(30-23)8-4-2/h9-12,16-17,22-23H,3-8,13-15,18H2,1-2H3. The van der Waals surface area contributed by atoms with Gasteiger partial charge in [0.25, 0.3) is 0 Å². The average Bonchev–Trinajstić information content (AvgIpc) is 3.53. The van der Waals surface area contributed by atoms with Crippen molar-refractivity contribution in [1.82, 2.24) is 9.97 Å². The first-order valence-electron chi connectivity index (χ1n) is 11.2. The highest BCUT2D eigenvalue weighted by molar-refractivity contribution is 5.56. The van der Waals surface area contributed by atoms with Crippen LogP contribution in [0.3, 0.4) is 0 Å². The van der Waals surface area contributed by atoms with E-state index in [0.717, 1.165) is 56.6 Å². The quantitative estimate of drug-likeness (QED) is 0.300. The number of aromatic nitrogens is 2. The summed E-state index contributed by atoms with van der Waals surface area (Å²) in [6.07, 6.45) is 10.6. The summed E-state index contributed by atoms with van der Waals surface area (Å²) in [4.78, 5) is 8.84. The first-order valence-corrected chi connectivity index (χ1v) is 11.2. The second kappa shape index (κ2) is 12.5. The highest BCUT2D eigenvalue weighted by atomic mass is 16.6. The zero-order valence-electron chi connectivity index (χ0n) is 18.2. The number of ether oxygens (including phenoxy) is 4. The Morgan fingerprint density at radius 1 is 0.800 bits per heavy atom. The molecule has 6 heteroatoms. The topological polar surface area (TPSA) is 66.0 Å². The van der Waals surface area contributed by atoms with E-state index in [-0.39, 0.29) is 6.10 Å². The number of hydrogen-bond acceptors (Lipinski definition) is 6. The van der Waals surface area contributed by atoms with Crippen LogP contribution in [0.25, 0.3) is 11.4 Å². The molecule has 3 rings (SSSR count). The molecule has 1 aromatic carbocycles. The molecule has 6 nitrogen and oxygen atoms in total. The lowest BCUT2D eigenvalue weighted by molar-refractivity contribution is 0.123. The van der Waals surface area contributed by atoms with Gasteiger partial charge >= 0.3 is 0 Å². The molecule has 0 N–H and O–H groups in total. The number of hydrogen-bond donors (Lipinski definition) is 0. The van der Waals surface area contributed by atoms with Gasteiger partial charge in [0.05, 0.1) is 25.1 Å². The van der Waals surface area contributed by atoms with Crippen LogP contribution in [0.4, 0.5) is 0 Å². The van der Waals surface area contributed by atoms with E-state index < -0.39 is 0 Å². The van der Waals surface area contributed by atoms with Gasteiger partial charge < -0.3 is 18.9 Å². The third-order valence-corrected chi connectivity index (χ3v) is 5.01. The summed E-state index contributed by atoms with van der Waals surface area (Å²) in [5.74, 6) is 2.20. The normalized spacial score (nSPS) is 17.7. The Labute approximate surface area is 179 Å². The fourth-order valence-corrected chi connectivity index (χ4v) is 3.13. The van der Waals surface area contributed by atoms with Crippen LogP contribution in [0.5, 0.6) is 11.5 Å². The predicted octanol–water partition coefficient (Wildman–Crippen LogP) is 5.07. The van der Waals surface area contributed by atoms with Crippen LogP contribution in [0, 0.1) is 0 Å². The molecule has 0 saturated carbocycles. The molecule has 0 aliphatic carbocycles. The summed E-state index contributed by atoms with van der Waals surface area (Å²) in [5, 5.41) is 0. The molecule has 0 radical (unpaired) electrons. The van der Waals surface area contributed by atoms with Gasteiger partial charge in [-0.25, -0.2) is 9.97 Å². The summed E-state index contributed by atoms with van der Waals surface area (Å²) in [6, 6.07) is 7.87. The molecule has 1 aliphatic heterocycles. The van der Waals surface area contributed by atoms with Gasteiger partial charge in [-0.3, -0.25) is 0 Å². The van der Waals surface area contributed by atoms with E-state index in [9.17, 15) is 0 Å². The lowest BCUT2D eigenvalue weighted by Crippen LogP contribution is -2.08. The largest absolute Gasteiger partial charge is 0.494 e. The number of benzene rings is 1. The molecule has 0 spiro atoms. The minimum absolute atomic E-state index is 0.214. The fraction of sp³-hybridized carbons (Fsp3) is 0.583. The van der Waals surface area contributed by atoms with Crippen LogP contribution in [0.2, 0.25) is 0 Å². The molecule has 2 aromatic rings. The van der Waals surface area contributed by atoms with Crippen LogP contribution < -0.4 is 9.47 Å². The molecule has 30 heavy (non-hydrogen) atoms. The Balaban J connectivity index is 1.35. The maximum Gasteiger partial charge on any atom is 0.159 e. The Morgan fingerprint density at radius 3 is 2.27 bits per heavy atom. The van der Waals surface area contributed by atoms with Crippen molar-refractivity contribution in [1.29, 1.82) is 0 Å². The van der Waals surface area contributed by atoms with E-state index in [1.807, 2.05) is 24.3 Å². The zero-order chi connectivity index (χ0) is 21.0. The molecule has 1 aliphatic rings. The molecular weight excluding hydrogens is 380 g/mol. The van der Waals surface area contributed by atoms with E-state index in [2.05, 4.69) is 23.8 Å². The van der Waals surface area contributed by atoms with Crippen molar-refractivity contribution in [3.63, 3.8) is 0 Å². The predicted molar refractivity (Wildman–Crippen MR) is 117 cm³/mol. The van der Waals surface area contributed by atoms with Crippen LogP contribution in [0.15, 0.2) is 36.7 Å². The molecular formula is C24H34N2O4. The SMILES string of the molecule is CCCCOCCCCOc1ccc(-c2ncc(OCC3OC3CCC)cn2)cc1. The van der Waals surface area contributed by atoms with Crippen molar-refractivity contribution in [2.45, 2.75) is 64.6 Å². The van der Waals surface area contributed by atoms with Crippen molar-refractivity contribution in [3.8, 4) is 22.9 Å². The summed E-state index contributed by atoms with van der Waals surface area (Å²) in [7, 11) is 0. The fourth-order valence-electron chi connectivity index (χ4n) is 3.13. The second-order valence-electron chi connectivity index (χ2n) is 7.60. The van der Waals surface area contributed by atoms with Gasteiger partial charge in [0.2, 0.25) is 0 Å². The number of nitrogens with zero attached hydrogens (tertiary/aromatic N) is 2. The lowest BCUT2D eigenvalue weighted by Gasteiger charge is -2.08. The van der Waals surface area contributed by atoms with Gasteiger partial charge in [-0.2, -0.15) is 0 Å². The molecule has 0 bridgehead atoms. The van der Waals surface area contributed by atoms with Crippen molar-refractivity contribution >= 4 is 0 Å². The van der Waals surface area contributed by atoms with Crippen LogP contribution in [-0.2, 0) is 9.47 Å². The van der Waals surface area contributed by atoms with Crippen molar-refractivity contribution in [2.24, 2.45) is 0 Å². The Bertz CT molecular complexity index is 721. The Morgan fingerprint density at radius 2 is 1.53 bits per heavy atom. The van der Waals surface area contributed by atoms with Gasteiger partial charge in [-0.15, -0.1) is 0 Å². The van der Waals surface area contributed by atoms with Crippen molar-refractivity contribution in [2.75, 3.05) is 26.4 Å². The molecule has 1 aromatic heterocycles. The first kappa shape index (κ1) is 22.5. The van der Waals surface area contributed by atoms with E-state index >= 15 is 0 Å². The first-order chi connectivity index (χ1) is 14.8. The smallest absolute Gasteiger partial charge is 0.159 e. The monoisotopic (exact) mass is 414 g/mol. The third-order valence-electron chi connectivity index (χ3n) is 5.01. The van der Waals surface area contributed by atoms with E-state index in [0.29, 0.717) is 30.9 Å². The number of rotatable bonds is 15. The molecule has 2 heterocycles. The van der Waals surface area contributed by atoms with E-state index in [1.165, 1.54) is 6.42 Å². The van der Waals surface area contributed by atoms with Gasteiger partial charge in [0.1, 0.15) is 18.5 Å². The molecule has 164 valence electrons. The zero-order valence-corrected chi connectivity index (χ0v) is 18.2. The summed E-state index contributed by atoms with van der Waals surface area (Å²) >= 11 is 0. The van der Waals surface area contributed by atoms with Crippen LogP contribution in [-0.4, -0.2) is 48.6 Å². The van der Waals surface area contributed by atoms with Crippen molar-refractivity contribution in [3.05, 3.63) is 36.7 Å². The highest BCUT2D eigenvalue weighted by Gasteiger charge is 2.38. The summed E-state index contributed by atoms with van der Waals surface area (Å²) in [6.45, 7) is 7.27. The van der Waals surface area contributed by atoms with E-state index in [4.69, 9.17) is 18.9 Å². The van der Waals surface area contributed by atoms with Crippen molar-refractivity contribution < 1.29 is 18.9 Å². The molecule has 1 saturated heterocycles. The van der Waals surface area contributed by atoms with Gasteiger partial charge in [-0.05, 0) is 49.9 Å². The maximum absolute atomic E-state index is 5.80. The Kier molecular flexibility index (Phi) is 9.38. The molecule has 1 fully saturated rings. The number of unbranched alkanes of at least 4 members (excludes halogenated alkanes) is 2. The van der Waals surface area contributed by atoms with Crippen LogP contribution >= 0.6 is 0 Å². The lowest BCUT2D eigenvalue weighted by atomic mass is 10.2.